The van der Waals surface area contributed by atoms with Gasteiger partial charge < -0.3 is 15.2 Å². The lowest BCUT2D eigenvalue weighted by molar-refractivity contribution is -0.136. The maximum atomic E-state index is 12.0. The summed E-state index contributed by atoms with van der Waals surface area (Å²) in [7, 11) is 0. The van der Waals surface area contributed by atoms with Gasteiger partial charge in [-0.3, -0.25) is 9.59 Å². The minimum atomic E-state index is -0.772. The highest BCUT2D eigenvalue weighted by Crippen LogP contribution is 2.20. The molecule has 5 nitrogen and oxygen atoms in total. The summed E-state index contributed by atoms with van der Waals surface area (Å²) in [4.78, 5) is 22.5. The Morgan fingerprint density at radius 3 is 2.96 bits per heavy atom. The van der Waals surface area contributed by atoms with Crippen molar-refractivity contribution in [3.8, 4) is 0 Å². The number of aliphatic carboxylic acids is 1. The molecule has 1 aliphatic heterocycles. The van der Waals surface area contributed by atoms with Crippen LogP contribution >= 0.6 is 11.8 Å². The molecular weight excluding hydrogens is 314 g/mol. The van der Waals surface area contributed by atoms with Crippen LogP contribution in [0.15, 0.2) is 24.3 Å². The van der Waals surface area contributed by atoms with E-state index in [0.717, 1.165) is 43.1 Å². The second-order valence-electron chi connectivity index (χ2n) is 5.71. The van der Waals surface area contributed by atoms with Crippen LogP contribution in [0.1, 0.15) is 31.2 Å². The molecule has 1 aliphatic rings. The van der Waals surface area contributed by atoms with E-state index < -0.39 is 5.97 Å². The molecule has 1 fully saturated rings. The van der Waals surface area contributed by atoms with Gasteiger partial charge in [-0.1, -0.05) is 12.1 Å². The number of amides is 1. The number of anilines is 1. The molecule has 1 aromatic carbocycles. The SMILES string of the molecule is O=C(O)CCSCc1cccc(NC(=O)CCC2CCOC2)c1. The van der Waals surface area contributed by atoms with Gasteiger partial charge in [0.1, 0.15) is 0 Å². The third-order valence-electron chi connectivity index (χ3n) is 3.74. The first-order valence-corrected chi connectivity index (χ1v) is 9.05. The number of hydrogen-bond acceptors (Lipinski definition) is 4. The van der Waals surface area contributed by atoms with E-state index in [-0.39, 0.29) is 12.3 Å². The quantitative estimate of drug-likeness (QED) is 0.677. The summed E-state index contributed by atoms with van der Waals surface area (Å²) in [5, 5.41) is 11.5. The van der Waals surface area contributed by atoms with Crippen LogP contribution in [0.5, 0.6) is 0 Å². The van der Waals surface area contributed by atoms with Gasteiger partial charge in [-0.15, -0.1) is 0 Å². The van der Waals surface area contributed by atoms with Crippen molar-refractivity contribution in [1.82, 2.24) is 0 Å². The van der Waals surface area contributed by atoms with Gasteiger partial charge in [0.15, 0.2) is 0 Å². The summed E-state index contributed by atoms with van der Waals surface area (Å²) in [6.07, 6.45) is 2.62. The number of carbonyl (C=O) groups is 2. The first-order valence-electron chi connectivity index (χ1n) is 7.89. The molecule has 126 valence electrons. The van der Waals surface area contributed by atoms with Crippen molar-refractivity contribution in [3.63, 3.8) is 0 Å². The zero-order valence-electron chi connectivity index (χ0n) is 13.1. The summed E-state index contributed by atoms with van der Waals surface area (Å²) in [6, 6.07) is 7.72. The topological polar surface area (TPSA) is 75.6 Å². The van der Waals surface area contributed by atoms with E-state index in [9.17, 15) is 9.59 Å². The minimum Gasteiger partial charge on any atom is -0.481 e. The van der Waals surface area contributed by atoms with E-state index in [2.05, 4.69) is 5.32 Å². The molecule has 2 N–H and O–H groups in total. The maximum absolute atomic E-state index is 12.0. The lowest BCUT2D eigenvalue weighted by Crippen LogP contribution is -2.13. The maximum Gasteiger partial charge on any atom is 0.304 e. The van der Waals surface area contributed by atoms with Gasteiger partial charge in [0.05, 0.1) is 6.42 Å². The van der Waals surface area contributed by atoms with Gasteiger partial charge in [0, 0.05) is 36.8 Å². The number of carboxylic acids is 1. The number of carboxylic acid groups (broad SMARTS) is 1. The first-order chi connectivity index (χ1) is 11.1. The molecule has 1 unspecified atom stereocenters. The molecule has 0 spiro atoms. The van der Waals surface area contributed by atoms with E-state index in [1.54, 1.807) is 11.8 Å². The van der Waals surface area contributed by atoms with Crippen molar-refractivity contribution in [1.29, 1.82) is 0 Å². The summed E-state index contributed by atoms with van der Waals surface area (Å²) in [5.41, 5.74) is 1.89. The van der Waals surface area contributed by atoms with E-state index in [4.69, 9.17) is 9.84 Å². The zero-order chi connectivity index (χ0) is 16.5. The van der Waals surface area contributed by atoms with Gasteiger partial charge in [-0.2, -0.15) is 11.8 Å². The molecule has 0 aliphatic carbocycles. The number of carbonyl (C=O) groups excluding carboxylic acids is 1. The fourth-order valence-corrected chi connectivity index (χ4v) is 3.34. The molecule has 0 aromatic heterocycles. The number of ether oxygens (including phenoxy) is 1. The fraction of sp³-hybridized carbons (Fsp3) is 0.529. The minimum absolute atomic E-state index is 0.0348. The molecule has 0 bridgehead atoms. The van der Waals surface area contributed by atoms with Gasteiger partial charge in [0.2, 0.25) is 5.91 Å². The molecular formula is C17H23NO4S. The van der Waals surface area contributed by atoms with Gasteiger partial charge in [-0.25, -0.2) is 0 Å². The molecule has 1 saturated heterocycles. The second-order valence-corrected chi connectivity index (χ2v) is 6.82. The Bertz CT molecular complexity index is 529. The van der Waals surface area contributed by atoms with E-state index in [0.29, 0.717) is 18.1 Å². The molecule has 6 heteroatoms. The van der Waals surface area contributed by atoms with E-state index in [1.165, 1.54) is 0 Å². The highest BCUT2D eigenvalue weighted by atomic mass is 32.2. The summed E-state index contributed by atoms with van der Waals surface area (Å²) in [6.45, 7) is 1.59. The molecule has 1 heterocycles. The normalized spacial score (nSPS) is 17.1. The second kappa shape index (κ2) is 9.57. The average Bonchev–Trinajstić information content (AvgIpc) is 3.03. The largest absolute Gasteiger partial charge is 0.481 e. The highest BCUT2D eigenvalue weighted by Gasteiger charge is 2.16. The van der Waals surface area contributed by atoms with Crippen molar-refractivity contribution >= 4 is 29.3 Å². The van der Waals surface area contributed by atoms with Crippen molar-refractivity contribution in [2.45, 2.75) is 31.4 Å². The Labute approximate surface area is 140 Å². The van der Waals surface area contributed by atoms with Crippen LogP contribution in [0.4, 0.5) is 5.69 Å². The third kappa shape index (κ3) is 7.05. The van der Waals surface area contributed by atoms with Crippen molar-refractivity contribution < 1.29 is 19.4 Å². The Hall–Kier alpha value is -1.53. The van der Waals surface area contributed by atoms with Crippen molar-refractivity contribution in [3.05, 3.63) is 29.8 Å². The third-order valence-corrected chi connectivity index (χ3v) is 4.77. The summed E-state index contributed by atoms with van der Waals surface area (Å²) >= 11 is 1.58. The van der Waals surface area contributed by atoms with Gasteiger partial charge in [0.25, 0.3) is 0 Å². The number of benzene rings is 1. The number of nitrogens with one attached hydrogen (secondary N) is 1. The summed E-state index contributed by atoms with van der Waals surface area (Å²) in [5.74, 6) is 1.11. The number of hydrogen-bond donors (Lipinski definition) is 2. The summed E-state index contributed by atoms with van der Waals surface area (Å²) < 4.78 is 5.31. The Kier molecular flexibility index (Phi) is 7.42. The predicted octanol–water partition coefficient (Wildman–Crippen LogP) is 3.15. The van der Waals surface area contributed by atoms with Crippen LogP contribution in [0.2, 0.25) is 0 Å². The average molecular weight is 337 g/mol. The van der Waals surface area contributed by atoms with Crippen LogP contribution < -0.4 is 5.32 Å². The van der Waals surface area contributed by atoms with Crippen molar-refractivity contribution in [2.24, 2.45) is 5.92 Å². The standard InChI is InChI=1S/C17H23NO4S/c19-16(5-4-13-6-8-22-11-13)18-15-3-1-2-14(10-15)12-23-9-7-17(20)21/h1-3,10,13H,4-9,11-12H2,(H,18,19)(H,20,21). The molecule has 2 rings (SSSR count). The monoisotopic (exact) mass is 337 g/mol. The van der Waals surface area contributed by atoms with Crippen LogP contribution in [-0.2, 0) is 20.1 Å². The lowest BCUT2D eigenvalue weighted by atomic mass is 10.0. The Balaban J connectivity index is 1.72. The van der Waals surface area contributed by atoms with Gasteiger partial charge in [-0.05, 0) is 36.5 Å². The molecule has 0 radical (unpaired) electrons. The molecule has 1 atom stereocenters. The molecule has 1 aromatic rings. The number of rotatable bonds is 9. The van der Waals surface area contributed by atoms with Crippen LogP contribution in [0.25, 0.3) is 0 Å². The first kappa shape index (κ1) is 17.8. The fourth-order valence-electron chi connectivity index (χ4n) is 2.46. The van der Waals surface area contributed by atoms with Crippen LogP contribution in [0, 0.1) is 5.92 Å². The van der Waals surface area contributed by atoms with Crippen LogP contribution in [-0.4, -0.2) is 35.9 Å². The Morgan fingerprint density at radius 2 is 2.22 bits per heavy atom. The van der Waals surface area contributed by atoms with E-state index in [1.807, 2.05) is 24.3 Å². The molecule has 1 amide bonds. The highest BCUT2D eigenvalue weighted by molar-refractivity contribution is 7.98. The predicted molar refractivity (Wildman–Crippen MR) is 91.6 cm³/mol. The van der Waals surface area contributed by atoms with Crippen LogP contribution in [0.3, 0.4) is 0 Å². The van der Waals surface area contributed by atoms with Crippen molar-refractivity contribution in [2.75, 3.05) is 24.3 Å². The van der Waals surface area contributed by atoms with E-state index >= 15 is 0 Å². The zero-order valence-corrected chi connectivity index (χ0v) is 13.9. The molecule has 23 heavy (non-hydrogen) atoms. The smallest absolute Gasteiger partial charge is 0.304 e. The number of thioether (sulfide) groups is 1. The van der Waals surface area contributed by atoms with Gasteiger partial charge >= 0.3 is 5.97 Å². The molecule has 0 saturated carbocycles. The lowest BCUT2D eigenvalue weighted by Gasteiger charge is -2.09. The Morgan fingerprint density at radius 1 is 1.35 bits per heavy atom.